The first-order valence-electron chi connectivity index (χ1n) is 5.95. The number of carbonyl (C=O) groups is 1. The lowest BCUT2D eigenvalue weighted by Gasteiger charge is -2.12. The zero-order valence-electron chi connectivity index (χ0n) is 9.72. The number of hydrogen-bond donors (Lipinski definition) is 2. The molecular weight excluding hydrogens is 236 g/mol. The van der Waals surface area contributed by atoms with Crippen molar-refractivity contribution in [1.29, 1.82) is 0 Å². The van der Waals surface area contributed by atoms with Crippen molar-refractivity contribution >= 4 is 17.2 Å². The van der Waals surface area contributed by atoms with Crippen LogP contribution in [0.3, 0.4) is 0 Å². The van der Waals surface area contributed by atoms with E-state index in [0.29, 0.717) is 13.1 Å². The number of nitrogens with one attached hydrogen (secondary N) is 1. The third-order valence-electron chi connectivity index (χ3n) is 2.91. The Hall–Kier alpha value is -0.910. The Balaban J connectivity index is 1.67. The van der Waals surface area contributed by atoms with Crippen molar-refractivity contribution < 1.29 is 9.53 Å². The Bertz CT molecular complexity index is 353. The first kappa shape index (κ1) is 12.5. The number of carbonyl (C=O) groups excluding carboxylic acids is 1. The molecule has 2 unspecified atom stereocenters. The first-order chi connectivity index (χ1) is 8.29. The summed E-state index contributed by atoms with van der Waals surface area (Å²) in [5, 5.41) is 4.95. The van der Waals surface area contributed by atoms with Gasteiger partial charge in [-0.25, -0.2) is 0 Å². The van der Waals surface area contributed by atoms with E-state index in [1.165, 1.54) is 4.88 Å². The average Bonchev–Trinajstić information content (AvgIpc) is 2.99. The Morgan fingerprint density at radius 2 is 2.47 bits per heavy atom. The predicted octanol–water partition coefficient (Wildman–Crippen LogP) is 0.913. The van der Waals surface area contributed by atoms with E-state index >= 15 is 0 Å². The van der Waals surface area contributed by atoms with E-state index in [9.17, 15) is 4.79 Å². The fraction of sp³-hybridized carbons (Fsp3) is 0.583. The van der Waals surface area contributed by atoms with Crippen molar-refractivity contribution in [3.05, 3.63) is 22.4 Å². The molecule has 1 aromatic rings. The maximum absolute atomic E-state index is 11.8. The molecule has 0 spiro atoms. The lowest BCUT2D eigenvalue weighted by molar-refractivity contribution is -0.131. The molecule has 0 saturated carbocycles. The lowest BCUT2D eigenvalue weighted by Crippen LogP contribution is -2.36. The Labute approximate surface area is 105 Å². The molecule has 5 heteroatoms. The van der Waals surface area contributed by atoms with Gasteiger partial charge >= 0.3 is 0 Å². The van der Waals surface area contributed by atoms with E-state index in [0.717, 1.165) is 19.3 Å². The normalized spacial score (nSPS) is 23.8. The second-order valence-electron chi connectivity index (χ2n) is 4.18. The van der Waals surface area contributed by atoms with Crippen LogP contribution in [-0.4, -0.2) is 31.2 Å². The topological polar surface area (TPSA) is 64.4 Å². The SMILES string of the molecule is NCC1CCC(C(=O)NCCc2cccs2)O1. The Morgan fingerprint density at radius 1 is 1.59 bits per heavy atom. The number of ether oxygens (including phenoxy) is 1. The molecule has 1 amide bonds. The van der Waals surface area contributed by atoms with E-state index in [2.05, 4.69) is 11.4 Å². The molecule has 0 bridgehead atoms. The second kappa shape index (κ2) is 6.14. The summed E-state index contributed by atoms with van der Waals surface area (Å²) in [5.74, 6) is -0.00231. The van der Waals surface area contributed by atoms with Crippen molar-refractivity contribution in [2.75, 3.05) is 13.1 Å². The highest BCUT2D eigenvalue weighted by molar-refractivity contribution is 7.09. The van der Waals surface area contributed by atoms with Crippen molar-refractivity contribution in [2.24, 2.45) is 5.73 Å². The maximum Gasteiger partial charge on any atom is 0.249 e. The number of hydrogen-bond acceptors (Lipinski definition) is 4. The monoisotopic (exact) mass is 254 g/mol. The van der Waals surface area contributed by atoms with Gasteiger partial charge in [-0.15, -0.1) is 11.3 Å². The first-order valence-corrected chi connectivity index (χ1v) is 6.83. The highest BCUT2D eigenvalue weighted by Gasteiger charge is 2.29. The molecule has 1 aliphatic rings. The molecule has 1 aromatic heterocycles. The standard InChI is InChI=1S/C12H18N2O2S/c13-8-9-3-4-11(16-9)12(15)14-6-5-10-2-1-7-17-10/h1-2,7,9,11H,3-6,8,13H2,(H,14,15). The van der Waals surface area contributed by atoms with Crippen LogP contribution in [0.1, 0.15) is 17.7 Å². The molecule has 1 fully saturated rings. The molecule has 2 atom stereocenters. The summed E-state index contributed by atoms with van der Waals surface area (Å²) in [5.41, 5.74) is 5.51. The smallest absolute Gasteiger partial charge is 0.249 e. The minimum Gasteiger partial charge on any atom is -0.364 e. The third kappa shape index (κ3) is 3.52. The van der Waals surface area contributed by atoms with E-state index < -0.39 is 0 Å². The molecule has 3 N–H and O–H groups in total. The molecule has 4 nitrogen and oxygen atoms in total. The fourth-order valence-corrected chi connectivity index (χ4v) is 2.66. The van der Waals surface area contributed by atoms with Gasteiger partial charge in [-0.3, -0.25) is 4.79 Å². The minimum atomic E-state index is -0.299. The number of amides is 1. The number of thiophene rings is 1. The van der Waals surface area contributed by atoms with E-state index in [4.69, 9.17) is 10.5 Å². The molecule has 2 heterocycles. The van der Waals surface area contributed by atoms with Crippen LogP contribution in [0.15, 0.2) is 17.5 Å². The van der Waals surface area contributed by atoms with Crippen molar-refractivity contribution in [3.8, 4) is 0 Å². The quantitative estimate of drug-likeness (QED) is 0.821. The molecule has 2 rings (SSSR count). The summed E-state index contributed by atoms with van der Waals surface area (Å²) in [6.07, 6.45) is 2.32. The predicted molar refractivity (Wildman–Crippen MR) is 68.0 cm³/mol. The van der Waals surface area contributed by atoms with Gasteiger partial charge in [-0.2, -0.15) is 0 Å². The molecule has 94 valence electrons. The Morgan fingerprint density at radius 3 is 3.12 bits per heavy atom. The van der Waals surface area contributed by atoms with Crippen molar-refractivity contribution in [1.82, 2.24) is 5.32 Å². The largest absolute Gasteiger partial charge is 0.364 e. The van der Waals surface area contributed by atoms with Gasteiger partial charge in [0.05, 0.1) is 6.10 Å². The zero-order valence-corrected chi connectivity index (χ0v) is 10.5. The third-order valence-corrected chi connectivity index (χ3v) is 3.85. The van der Waals surface area contributed by atoms with Crippen LogP contribution in [-0.2, 0) is 16.0 Å². The van der Waals surface area contributed by atoms with Crippen LogP contribution in [0.2, 0.25) is 0 Å². The van der Waals surface area contributed by atoms with E-state index in [1.54, 1.807) is 11.3 Å². The zero-order chi connectivity index (χ0) is 12.1. The van der Waals surface area contributed by atoms with Gasteiger partial charge in [0, 0.05) is 18.0 Å². The van der Waals surface area contributed by atoms with Crippen LogP contribution in [0.5, 0.6) is 0 Å². The van der Waals surface area contributed by atoms with Crippen LogP contribution < -0.4 is 11.1 Å². The van der Waals surface area contributed by atoms with Gasteiger partial charge in [0.15, 0.2) is 0 Å². The van der Waals surface area contributed by atoms with Crippen molar-refractivity contribution in [3.63, 3.8) is 0 Å². The van der Waals surface area contributed by atoms with Crippen LogP contribution in [0.4, 0.5) is 0 Å². The van der Waals surface area contributed by atoms with Gasteiger partial charge < -0.3 is 15.8 Å². The molecule has 0 radical (unpaired) electrons. The highest BCUT2D eigenvalue weighted by Crippen LogP contribution is 2.18. The summed E-state index contributed by atoms with van der Waals surface area (Å²) in [7, 11) is 0. The molecule has 0 aromatic carbocycles. The highest BCUT2D eigenvalue weighted by atomic mass is 32.1. The van der Waals surface area contributed by atoms with E-state index in [-0.39, 0.29) is 18.1 Å². The van der Waals surface area contributed by atoms with Gasteiger partial charge in [-0.05, 0) is 30.7 Å². The molecule has 1 aliphatic heterocycles. The van der Waals surface area contributed by atoms with E-state index in [1.807, 2.05) is 11.4 Å². The lowest BCUT2D eigenvalue weighted by atomic mass is 10.2. The second-order valence-corrected chi connectivity index (χ2v) is 5.21. The molecular formula is C12H18N2O2S. The van der Waals surface area contributed by atoms with Crippen LogP contribution in [0, 0.1) is 0 Å². The minimum absolute atomic E-state index is 0.00231. The Kier molecular flexibility index (Phi) is 4.53. The van der Waals surface area contributed by atoms with Crippen molar-refractivity contribution in [2.45, 2.75) is 31.5 Å². The van der Waals surface area contributed by atoms with Gasteiger partial charge in [-0.1, -0.05) is 6.07 Å². The summed E-state index contributed by atoms with van der Waals surface area (Å²) >= 11 is 1.71. The summed E-state index contributed by atoms with van der Waals surface area (Å²) in [4.78, 5) is 13.1. The van der Waals surface area contributed by atoms with Gasteiger partial charge in [0.25, 0.3) is 0 Å². The summed E-state index contributed by atoms with van der Waals surface area (Å²) in [6, 6.07) is 4.10. The number of rotatable bonds is 5. The van der Waals surface area contributed by atoms with Crippen LogP contribution in [0.25, 0.3) is 0 Å². The maximum atomic E-state index is 11.8. The van der Waals surface area contributed by atoms with Crippen LogP contribution >= 0.6 is 11.3 Å². The van der Waals surface area contributed by atoms with Gasteiger partial charge in [0.1, 0.15) is 6.10 Å². The van der Waals surface area contributed by atoms with Gasteiger partial charge in [0.2, 0.25) is 5.91 Å². The molecule has 1 saturated heterocycles. The number of nitrogens with two attached hydrogens (primary N) is 1. The fourth-order valence-electron chi connectivity index (χ4n) is 1.95. The summed E-state index contributed by atoms with van der Waals surface area (Å²) < 4.78 is 5.53. The summed E-state index contributed by atoms with van der Waals surface area (Å²) in [6.45, 7) is 1.17. The molecule has 0 aliphatic carbocycles. The molecule has 17 heavy (non-hydrogen) atoms. The average molecular weight is 254 g/mol.